The number of fused-ring (bicyclic) bond motifs is 1. The van der Waals surface area contributed by atoms with E-state index in [1.807, 2.05) is 12.1 Å². The van der Waals surface area contributed by atoms with Gasteiger partial charge in [0.05, 0.1) is 6.54 Å². The Morgan fingerprint density at radius 2 is 2.08 bits per heavy atom. The maximum atomic E-state index is 14.3. The van der Waals surface area contributed by atoms with Gasteiger partial charge in [-0.2, -0.15) is 0 Å². The molecule has 1 aliphatic heterocycles. The van der Waals surface area contributed by atoms with E-state index in [0.717, 1.165) is 30.4 Å². The molecular formula is C21H21FN2O2. The van der Waals surface area contributed by atoms with Crippen molar-refractivity contribution in [3.05, 3.63) is 60.2 Å². The maximum absolute atomic E-state index is 14.3. The molecule has 5 heteroatoms. The largest absolute Gasteiger partial charge is 0.487 e. The first kappa shape index (κ1) is 16.8. The van der Waals surface area contributed by atoms with E-state index in [2.05, 4.69) is 22.5 Å². The molecule has 4 rings (SSSR count). The van der Waals surface area contributed by atoms with E-state index >= 15 is 0 Å². The van der Waals surface area contributed by atoms with Gasteiger partial charge in [-0.15, -0.1) is 0 Å². The first-order chi connectivity index (χ1) is 12.7. The maximum Gasteiger partial charge on any atom is 0.223 e. The van der Waals surface area contributed by atoms with E-state index in [-0.39, 0.29) is 23.7 Å². The average Bonchev–Trinajstić information content (AvgIpc) is 3.13. The Hall–Kier alpha value is -2.69. The van der Waals surface area contributed by atoms with Gasteiger partial charge in [-0.1, -0.05) is 12.2 Å². The van der Waals surface area contributed by atoms with Gasteiger partial charge >= 0.3 is 0 Å². The van der Waals surface area contributed by atoms with Crippen LogP contribution in [0.15, 0.2) is 48.8 Å². The summed E-state index contributed by atoms with van der Waals surface area (Å²) >= 11 is 0. The van der Waals surface area contributed by atoms with Gasteiger partial charge in [0.1, 0.15) is 17.7 Å². The normalized spacial score (nSPS) is 21.1. The van der Waals surface area contributed by atoms with Gasteiger partial charge in [0.2, 0.25) is 5.91 Å². The molecule has 1 N–H and O–H groups in total. The van der Waals surface area contributed by atoms with Gasteiger partial charge in [0.15, 0.2) is 0 Å². The van der Waals surface area contributed by atoms with Gasteiger partial charge in [0.25, 0.3) is 0 Å². The number of carbonyl (C=O) groups excluding carboxylic acids is 1. The lowest BCUT2D eigenvalue weighted by molar-refractivity contribution is -0.125. The van der Waals surface area contributed by atoms with Crippen molar-refractivity contribution < 1.29 is 13.9 Å². The van der Waals surface area contributed by atoms with Crippen molar-refractivity contribution in [2.45, 2.75) is 31.8 Å². The van der Waals surface area contributed by atoms with E-state index in [9.17, 15) is 9.18 Å². The molecule has 0 spiro atoms. The SMILES string of the molecule is O=C(NC[C@H]1Cc2c(F)ccc(-c3ccncc3)c2O1)[C@H]1CC=CCC1. The minimum absolute atomic E-state index is 0.0351. The highest BCUT2D eigenvalue weighted by Gasteiger charge is 2.29. The monoisotopic (exact) mass is 352 g/mol. The molecule has 1 amide bonds. The van der Waals surface area contributed by atoms with Crippen molar-refractivity contribution in [3.8, 4) is 16.9 Å². The molecule has 0 fully saturated rings. The van der Waals surface area contributed by atoms with Crippen molar-refractivity contribution in [2.24, 2.45) is 5.92 Å². The number of carbonyl (C=O) groups is 1. The molecule has 1 aromatic heterocycles. The standard InChI is InChI=1S/C21H21FN2O2/c22-19-7-6-17(14-8-10-23-11-9-14)20-18(19)12-16(26-20)13-24-21(25)15-4-2-1-3-5-15/h1-2,6-11,15-16H,3-5,12-13H2,(H,24,25)/t15-,16+/m0/s1. The lowest BCUT2D eigenvalue weighted by Crippen LogP contribution is -2.38. The molecule has 134 valence electrons. The fourth-order valence-corrected chi connectivity index (χ4v) is 3.63. The predicted molar refractivity (Wildman–Crippen MR) is 97.2 cm³/mol. The second kappa shape index (κ2) is 7.28. The zero-order chi connectivity index (χ0) is 17.9. The number of hydrogen-bond donors (Lipinski definition) is 1. The summed E-state index contributed by atoms with van der Waals surface area (Å²) in [5.41, 5.74) is 2.38. The van der Waals surface area contributed by atoms with Crippen LogP contribution in [0.1, 0.15) is 24.8 Å². The van der Waals surface area contributed by atoms with Crippen LogP contribution >= 0.6 is 0 Å². The van der Waals surface area contributed by atoms with E-state index in [4.69, 9.17) is 4.74 Å². The molecule has 2 heterocycles. The van der Waals surface area contributed by atoms with Crippen LogP contribution in [0.4, 0.5) is 4.39 Å². The number of aromatic nitrogens is 1. The molecule has 0 unspecified atom stereocenters. The van der Waals surface area contributed by atoms with Crippen LogP contribution in [-0.4, -0.2) is 23.5 Å². The summed E-state index contributed by atoms with van der Waals surface area (Å²) in [6, 6.07) is 6.97. The Kier molecular flexibility index (Phi) is 4.69. The van der Waals surface area contributed by atoms with Crippen LogP contribution in [0.25, 0.3) is 11.1 Å². The molecular weight excluding hydrogens is 331 g/mol. The molecule has 1 aromatic carbocycles. The minimum Gasteiger partial charge on any atom is -0.487 e. The van der Waals surface area contributed by atoms with Gasteiger partial charge in [-0.25, -0.2) is 4.39 Å². The highest BCUT2D eigenvalue weighted by molar-refractivity contribution is 5.79. The summed E-state index contributed by atoms with van der Waals surface area (Å²) in [7, 11) is 0. The molecule has 26 heavy (non-hydrogen) atoms. The lowest BCUT2D eigenvalue weighted by Gasteiger charge is -2.19. The molecule has 2 aliphatic rings. The summed E-state index contributed by atoms with van der Waals surface area (Å²) in [6.45, 7) is 0.392. The quantitative estimate of drug-likeness (QED) is 0.855. The molecule has 0 radical (unpaired) electrons. The fraction of sp³-hybridized carbons (Fsp3) is 0.333. The highest BCUT2D eigenvalue weighted by atomic mass is 19.1. The predicted octanol–water partition coefficient (Wildman–Crippen LogP) is 3.66. The topological polar surface area (TPSA) is 51.2 Å². The Labute approximate surface area is 152 Å². The third-order valence-corrected chi connectivity index (χ3v) is 5.05. The van der Waals surface area contributed by atoms with Crippen LogP contribution in [-0.2, 0) is 11.2 Å². The van der Waals surface area contributed by atoms with Crippen molar-refractivity contribution in [1.29, 1.82) is 0 Å². The molecule has 0 bridgehead atoms. The molecule has 4 nitrogen and oxygen atoms in total. The third-order valence-electron chi connectivity index (χ3n) is 5.05. The second-order valence-electron chi connectivity index (χ2n) is 6.81. The van der Waals surface area contributed by atoms with E-state index in [1.165, 1.54) is 6.07 Å². The molecule has 1 aliphatic carbocycles. The van der Waals surface area contributed by atoms with Crippen molar-refractivity contribution in [1.82, 2.24) is 10.3 Å². The highest BCUT2D eigenvalue weighted by Crippen LogP contribution is 2.40. The average molecular weight is 352 g/mol. The van der Waals surface area contributed by atoms with Gasteiger partial charge in [-0.05, 0) is 49.1 Å². The van der Waals surface area contributed by atoms with Gasteiger partial charge in [0, 0.05) is 35.9 Å². The number of hydrogen-bond acceptors (Lipinski definition) is 3. The Bertz CT molecular complexity index is 835. The van der Waals surface area contributed by atoms with Crippen LogP contribution in [0.2, 0.25) is 0 Å². The number of halogens is 1. The number of rotatable bonds is 4. The third kappa shape index (κ3) is 3.34. The lowest BCUT2D eigenvalue weighted by atomic mass is 9.93. The Balaban J connectivity index is 1.46. The Morgan fingerprint density at radius 1 is 1.23 bits per heavy atom. The van der Waals surface area contributed by atoms with Gasteiger partial charge in [-0.3, -0.25) is 9.78 Å². The summed E-state index contributed by atoms with van der Waals surface area (Å²) in [6.07, 6.45) is 10.4. The first-order valence-electron chi connectivity index (χ1n) is 9.03. The number of amides is 1. The van der Waals surface area contributed by atoms with Crippen LogP contribution in [0.5, 0.6) is 5.75 Å². The number of nitrogens with zero attached hydrogens (tertiary/aromatic N) is 1. The minimum atomic E-state index is -0.260. The van der Waals surface area contributed by atoms with Crippen LogP contribution < -0.4 is 10.1 Å². The number of allylic oxidation sites excluding steroid dienone is 2. The molecule has 0 saturated carbocycles. The van der Waals surface area contributed by atoms with E-state index in [0.29, 0.717) is 24.3 Å². The molecule has 2 aromatic rings. The summed E-state index contributed by atoms with van der Waals surface area (Å²) in [5, 5.41) is 2.98. The fourth-order valence-electron chi connectivity index (χ4n) is 3.63. The summed E-state index contributed by atoms with van der Waals surface area (Å²) < 4.78 is 20.3. The smallest absolute Gasteiger partial charge is 0.223 e. The van der Waals surface area contributed by atoms with Crippen molar-refractivity contribution in [2.75, 3.05) is 6.54 Å². The van der Waals surface area contributed by atoms with Crippen molar-refractivity contribution >= 4 is 5.91 Å². The Morgan fingerprint density at radius 3 is 2.85 bits per heavy atom. The van der Waals surface area contributed by atoms with Crippen LogP contribution in [0.3, 0.4) is 0 Å². The first-order valence-corrected chi connectivity index (χ1v) is 9.03. The zero-order valence-corrected chi connectivity index (χ0v) is 14.5. The van der Waals surface area contributed by atoms with Crippen molar-refractivity contribution in [3.63, 3.8) is 0 Å². The van der Waals surface area contributed by atoms with E-state index < -0.39 is 0 Å². The number of nitrogens with one attached hydrogen (secondary N) is 1. The second-order valence-corrected chi connectivity index (χ2v) is 6.81. The molecule has 2 atom stereocenters. The number of benzene rings is 1. The number of ether oxygens (including phenoxy) is 1. The molecule has 0 saturated heterocycles. The zero-order valence-electron chi connectivity index (χ0n) is 14.5. The summed E-state index contributed by atoms with van der Waals surface area (Å²) in [5.74, 6) is 0.414. The number of pyridine rings is 1. The van der Waals surface area contributed by atoms with Crippen LogP contribution in [0, 0.1) is 11.7 Å². The van der Waals surface area contributed by atoms with Gasteiger partial charge < -0.3 is 10.1 Å². The summed E-state index contributed by atoms with van der Waals surface area (Å²) in [4.78, 5) is 16.3. The van der Waals surface area contributed by atoms with E-state index in [1.54, 1.807) is 18.5 Å².